The first-order valence-electron chi connectivity index (χ1n) is 10.9. The molecule has 0 saturated heterocycles. The fourth-order valence-electron chi connectivity index (χ4n) is 4.52. The summed E-state index contributed by atoms with van der Waals surface area (Å²) in [5.74, 6) is -1.70. The molecule has 168 valence electrons. The fourth-order valence-corrected chi connectivity index (χ4v) is 4.52. The van der Waals surface area contributed by atoms with Gasteiger partial charge in [-0.05, 0) is 27.8 Å². The smallest absolute Gasteiger partial charge is 0.329 e. The number of rotatable bonds is 7. The quantitative estimate of drug-likeness (QED) is 0.551. The standard InChI is InChI=1S/C27H26N2O4/c1-17(30)28-23(16-18-10-4-3-5-11-18)26(31)29-25(27(32)33-2)24-21-14-8-6-12-19(21)20-13-7-9-15-22(20)24/h3-15,23-25H,16H2,1-2H3,(H,28,30)(H,29,31)/t23-,25+/m1/s1. The number of nitrogens with one attached hydrogen (secondary N) is 2. The number of methoxy groups -OCH3 is 1. The van der Waals surface area contributed by atoms with Gasteiger partial charge in [0, 0.05) is 19.3 Å². The van der Waals surface area contributed by atoms with Gasteiger partial charge in [-0.25, -0.2) is 4.79 Å². The first-order chi connectivity index (χ1) is 16.0. The highest BCUT2D eigenvalue weighted by atomic mass is 16.5. The Hall–Kier alpha value is -3.93. The van der Waals surface area contributed by atoms with Gasteiger partial charge >= 0.3 is 5.97 Å². The van der Waals surface area contributed by atoms with Gasteiger partial charge in [-0.2, -0.15) is 0 Å². The van der Waals surface area contributed by atoms with E-state index >= 15 is 0 Å². The summed E-state index contributed by atoms with van der Waals surface area (Å²) in [5.41, 5.74) is 4.87. The molecular formula is C27H26N2O4. The third-order valence-corrected chi connectivity index (χ3v) is 5.94. The van der Waals surface area contributed by atoms with Gasteiger partial charge in [0.1, 0.15) is 12.1 Å². The van der Waals surface area contributed by atoms with E-state index in [0.29, 0.717) is 6.42 Å². The van der Waals surface area contributed by atoms with Crippen LogP contribution in [0.15, 0.2) is 78.9 Å². The monoisotopic (exact) mass is 442 g/mol. The summed E-state index contributed by atoms with van der Waals surface area (Å²) in [6.07, 6.45) is 0.304. The highest BCUT2D eigenvalue weighted by Crippen LogP contribution is 2.46. The minimum Gasteiger partial charge on any atom is -0.467 e. The van der Waals surface area contributed by atoms with Crippen LogP contribution < -0.4 is 10.6 Å². The molecule has 3 aromatic rings. The average molecular weight is 443 g/mol. The molecule has 33 heavy (non-hydrogen) atoms. The number of esters is 1. The molecule has 6 heteroatoms. The lowest BCUT2D eigenvalue weighted by Gasteiger charge is -2.27. The van der Waals surface area contributed by atoms with Crippen LogP contribution in [0.3, 0.4) is 0 Å². The molecule has 0 saturated carbocycles. The van der Waals surface area contributed by atoms with Crippen LogP contribution in [0.5, 0.6) is 0 Å². The molecule has 6 nitrogen and oxygen atoms in total. The van der Waals surface area contributed by atoms with Gasteiger partial charge in [-0.15, -0.1) is 0 Å². The normalized spacial score (nSPS) is 13.9. The van der Waals surface area contributed by atoms with Crippen molar-refractivity contribution in [2.24, 2.45) is 0 Å². The van der Waals surface area contributed by atoms with Crippen LogP contribution in [0.2, 0.25) is 0 Å². The van der Waals surface area contributed by atoms with E-state index in [1.807, 2.05) is 78.9 Å². The lowest BCUT2D eigenvalue weighted by Crippen LogP contribution is -2.54. The second kappa shape index (κ2) is 9.69. The topological polar surface area (TPSA) is 84.5 Å². The van der Waals surface area contributed by atoms with E-state index in [-0.39, 0.29) is 5.91 Å². The number of ether oxygens (including phenoxy) is 1. The van der Waals surface area contributed by atoms with Gasteiger partial charge in [-0.1, -0.05) is 78.9 Å². The predicted molar refractivity (Wildman–Crippen MR) is 125 cm³/mol. The Bertz CT molecular complexity index is 1130. The minimum absolute atomic E-state index is 0.304. The molecule has 2 amide bonds. The van der Waals surface area contributed by atoms with Gasteiger partial charge in [0.25, 0.3) is 0 Å². The van der Waals surface area contributed by atoms with Crippen LogP contribution in [0, 0.1) is 0 Å². The summed E-state index contributed by atoms with van der Waals surface area (Å²) in [7, 11) is 1.31. The average Bonchev–Trinajstić information content (AvgIpc) is 3.16. The van der Waals surface area contributed by atoms with E-state index in [4.69, 9.17) is 4.74 Å². The minimum atomic E-state index is -0.945. The van der Waals surface area contributed by atoms with Crippen LogP contribution in [-0.2, 0) is 25.5 Å². The van der Waals surface area contributed by atoms with Crippen LogP contribution >= 0.6 is 0 Å². The summed E-state index contributed by atoms with van der Waals surface area (Å²) in [4.78, 5) is 38.1. The molecule has 0 aliphatic heterocycles. The Morgan fingerprint density at radius 3 is 1.91 bits per heavy atom. The van der Waals surface area contributed by atoms with Gasteiger partial charge in [0.05, 0.1) is 7.11 Å². The third-order valence-electron chi connectivity index (χ3n) is 5.94. The zero-order chi connectivity index (χ0) is 23.4. The van der Waals surface area contributed by atoms with Crippen molar-refractivity contribution in [1.29, 1.82) is 0 Å². The van der Waals surface area contributed by atoms with E-state index in [9.17, 15) is 14.4 Å². The summed E-state index contributed by atoms with van der Waals surface area (Å²) >= 11 is 0. The Kier molecular flexibility index (Phi) is 6.54. The molecule has 2 N–H and O–H groups in total. The zero-order valence-electron chi connectivity index (χ0n) is 18.6. The largest absolute Gasteiger partial charge is 0.467 e. The summed E-state index contributed by atoms with van der Waals surface area (Å²) in [5, 5.41) is 5.61. The van der Waals surface area contributed by atoms with Crippen LogP contribution in [0.4, 0.5) is 0 Å². The molecular weight excluding hydrogens is 416 g/mol. The number of hydrogen-bond acceptors (Lipinski definition) is 4. The third kappa shape index (κ3) is 4.65. The molecule has 1 aliphatic carbocycles. The number of hydrogen-bond donors (Lipinski definition) is 2. The number of benzene rings is 3. The molecule has 0 unspecified atom stereocenters. The Labute approximate surface area is 193 Å². The second-order valence-electron chi connectivity index (χ2n) is 8.10. The van der Waals surface area contributed by atoms with Crippen molar-refractivity contribution in [3.63, 3.8) is 0 Å². The number of carbonyl (C=O) groups is 3. The van der Waals surface area contributed by atoms with Gasteiger partial charge < -0.3 is 15.4 Å². The van der Waals surface area contributed by atoms with E-state index in [2.05, 4.69) is 10.6 Å². The molecule has 4 rings (SSSR count). The fraction of sp³-hybridized carbons (Fsp3) is 0.222. The number of carbonyl (C=O) groups excluding carboxylic acids is 3. The van der Waals surface area contributed by atoms with E-state index in [1.165, 1.54) is 14.0 Å². The Morgan fingerprint density at radius 1 is 0.818 bits per heavy atom. The van der Waals surface area contributed by atoms with Gasteiger partial charge in [0.2, 0.25) is 11.8 Å². The summed E-state index contributed by atoms with van der Waals surface area (Å²) in [6.45, 7) is 1.37. The SMILES string of the molecule is COC(=O)[C@@H](NC(=O)[C@@H](Cc1ccccc1)NC(C)=O)C1c2ccccc2-c2ccccc21. The van der Waals surface area contributed by atoms with Crippen LogP contribution in [0.1, 0.15) is 29.5 Å². The molecule has 0 fully saturated rings. The highest BCUT2D eigenvalue weighted by molar-refractivity contribution is 5.92. The molecule has 1 aliphatic rings. The van der Waals surface area contributed by atoms with E-state index in [0.717, 1.165) is 27.8 Å². The van der Waals surface area contributed by atoms with Gasteiger partial charge in [-0.3, -0.25) is 9.59 Å². The van der Waals surface area contributed by atoms with Crippen molar-refractivity contribution in [2.75, 3.05) is 7.11 Å². The summed E-state index contributed by atoms with van der Waals surface area (Å²) < 4.78 is 5.09. The zero-order valence-corrected chi connectivity index (χ0v) is 18.6. The molecule has 3 aromatic carbocycles. The van der Waals surface area contributed by atoms with Crippen molar-refractivity contribution in [1.82, 2.24) is 10.6 Å². The summed E-state index contributed by atoms with van der Waals surface area (Å²) in [6, 6.07) is 23.4. The van der Waals surface area contributed by atoms with Crippen molar-refractivity contribution in [3.8, 4) is 11.1 Å². The van der Waals surface area contributed by atoms with Crippen molar-refractivity contribution >= 4 is 17.8 Å². The van der Waals surface area contributed by atoms with Gasteiger partial charge in [0.15, 0.2) is 0 Å². The number of fused-ring (bicyclic) bond motifs is 3. The van der Waals surface area contributed by atoms with E-state index < -0.39 is 29.9 Å². The molecule has 0 heterocycles. The molecule has 0 aromatic heterocycles. The molecule has 0 spiro atoms. The Balaban J connectivity index is 1.67. The van der Waals surface area contributed by atoms with Crippen molar-refractivity contribution in [3.05, 3.63) is 95.6 Å². The maximum atomic E-state index is 13.4. The second-order valence-corrected chi connectivity index (χ2v) is 8.10. The van der Waals surface area contributed by atoms with Crippen molar-refractivity contribution in [2.45, 2.75) is 31.3 Å². The van der Waals surface area contributed by atoms with Crippen molar-refractivity contribution < 1.29 is 19.1 Å². The molecule has 0 radical (unpaired) electrons. The number of amides is 2. The van der Waals surface area contributed by atoms with Crippen LogP contribution in [-0.4, -0.2) is 37.0 Å². The first kappa shape index (κ1) is 22.3. The predicted octanol–water partition coefficient (Wildman–Crippen LogP) is 3.20. The highest BCUT2D eigenvalue weighted by Gasteiger charge is 2.40. The lowest BCUT2D eigenvalue weighted by atomic mass is 9.89. The van der Waals surface area contributed by atoms with Crippen LogP contribution in [0.25, 0.3) is 11.1 Å². The molecule has 0 bridgehead atoms. The van der Waals surface area contributed by atoms with E-state index in [1.54, 1.807) is 0 Å². The Morgan fingerprint density at radius 2 is 1.36 bits per heavy atom. The first-order valence-corrected chi connectivity index (χ1v) is 10.9. The maximum absolute atomic E-state index is 13.4. The lowest BCUT2D eigenvalue weighted by molar-refractivity contribution is -0.145. The molecule has 2 atom stereocenters. The maximum Gasteiger partial charge on any atom is 0.329 e.